The second-order valence-corrected chi connectivity index (χ2v) is 5.88. The highest BCUT2D eigenvalue weighted by molar-refractivity contribution is 5.86. The summed E-state index contributed by atoms with van der Waals surface area (Å²) in [4.78, 5) is 17.5. The van der Waals surface area contributed by atoms with E-state index in [4.69, 9.17) is 4.42 Å². The van der Waals surface area contributed by atoms with Crippen LogP contribution in [-0.2, 0) is 11.2 Å². The van der Waals surface area contributed by atoms with Crippen molar-refractivity contribution < 1.29 is 9.21 Å². The van der Waals surface area contributed by atoms with E-state index in [-0.39, 0.29) is 11.9 Å². The van der Waals surface area contributed by atoms with Crippen molar-refractivity contribution >= 4 is 16.8 Å². The molecular formula is C18H18N2O2. The second kappa shape index (κ2) is 4.77. The van der Waals surface area contributed by atoms with Crippen LogP contribution in [0.5, 0.6) is 0 Å². The van der Waals surface area contributed by atoms with E-state index in [0.29, 0.717) is 6.54 Å². The van der Waals surface area contributed by atoms with Crippen molar-refractivity contribution in [2.45, 2.75) is 26.3 Å². The summed E-state index contributed by atoms with van der Waals surface area (Å²) in [5.74, 6) is 1.75. The van der Waals surface area contributed by atoms with Gasteiger partial charge >= 0.3 is 0 Å². The number of carbonyl (C=O) groups excluding carboxylic acids is 1. The molecule has 1 aromatic carbocycles. The Labute approximate surface area is 128 Å². The Bertz CT molecular complexity index is 859. The Morgan fingerprint density at radius 1 is 1.27 bits per heavy atom. The van der Waals surface area contributed by atoms with Gasteiger partial charge in [-0.2, -0.15) is 0 Å². The Hall–Kier alpha value is -2.49. The fourth-order valence-corrected chi connectivity index (χ4v) is 3.48. The smallest absolute Gasteiger partial charge is 0.220 e. The molecule has 1 N–H and O–H groups in total. The predicted molar refractivity (Wildman–Crippen MR) is 84.7 cm³/mol. The number of aryl methyl sites for hydroxylation is 1. The molecule has 3 heterocycles. The number of fused-ring (bicyclic) bond motifs is 3. The number of para-hydroxylation sites is 1. The Kier molecular flexibility index (Phi) is 2.86. The second-order valence-electron chi connectivity index (χ2n) is 5.88. The topological polar surface area (TPSA) is 49.2 Å². The van der Waals surface area contributed by atoms with Crippen LogP contribution in [0.1, 0.15) is 35.7 Å². The summed E-state index contributed by atoms with van der Waals surface area (Å²) in [6, 6.07) is 12.1. The maximum Gasteiger partial charge on any atom is 0.220 e. The number of H-pyrrole nitrogens is 1. The summed E-state index contributed by atoms with van der Waals surface area (Å²) in [7, 11) is 0. The number of hydrogen-bond donors (Lipinski definition) is 1. The van der Waals surface area contributed by atoms with Crippen molar-refractivity contribution in [2.75, 3.05) is 6.54 Å². The van der Waals surface area contributed by atoms with Crippen molar-refractivity contribution in [3.8, 4) is 0 Å². The van der Waals surface area contributed by atoms with E-state index >= 15 is 0 Å². The molecule has 4 rings (SSSR count). The molecule has 0 aliphatic carbocycles. The van der Waals surface area contributed by atoms with Crippen LogP contribution in [-0.4, -0.2) is 22.3 Å². The number of aromatic nitrogens is 1. The highest BCUT2D eigenvalue weighted by Gasteiger charge is 2.34. The summed E-state index contributed by atoms with van der Waals surface area (Å²) in [5.41, 5.74) is 3.50. The van der Waals surface area contributed by atoms with Gasteiger partial charge in [-0.3, -0.25) is 4.79 Å². The van der Waals surface area contributed by atoms with E-state index in [1.165, 1.54) is 10.9 Å². The SMILES string of the molecule is CC(=O)N1CCc2c([nH]c3ccccc23)C1c1ccc(C)o1. The van der Waals surface area contributed by atoms with E-state index in [9.17, 15) is 4.79 Å². The fourth-order valence-electron chi connectivity index (χ4n) is 3.48. The van der Waals surface area contributed by atoms with Gasteiger partial charge in [0.15, 0.2) is 0 Å². The van der Waals surface area contributed by atoms with Crippen LogP contribution in [0.15, 0.2) is 40.8 Å². The normalized spacial score (nSPS) is 17.7. The number of nitrogens with zero attached hydrogens (tertiary/aromatic N) is 1. The Balaban J connectivity index is 1.94. The summed E-state index contributed by atoms with van der Waals surface area (Å²) >= 11 is 0. The van der Waals surface area contributed by atoms with E-state index < -0.39 is 0 Å². The van der Waals surface area contributed by atoms with Gasteiger partial charge in [0.05, 0.1) is 5.69 Å². The van der Waals surface area contributed by atoms with Gasteiger partial charge in [-0.15, -0.1) is 0 Å². The molecule has 0 saturated carbocycles. The number of nitrogens with one attached hydrogen (secondary N) is 1. The molecule has 1 atom stereocenters. The third-order valence-corrected chi connectivity index (χ3v) is 4.47. The van der Waals surface area contributed by atoms with Crippen LogP contribution in [0.3, 0.4) is 0 Å². The maximum absolute atomic E-state index is 12.1. The standard InChI is InChI=1S/C18H18N2O2/c1-11-7-8-16(22-11)18-17-14(9-10-20(18)12(2)21)13-5-3-4-6-15(13)19-17/h3-8,18-19H,9-10H2,1-2H3. The molecule has 0 fully saturated rings. The summed E-state index contributed by atoms with van der Waals surface area (Å²) in [6.07, 6.45) is 0.870. The molecule has 1 amide bonds. The van der Waals surface area contributed by atoms with E-state index in [1.54, 1.807) is 6.92 Å². The molecule has 1 aliphatic rings. The van der Waals surface area contributed by atoms with Gasteiger partial charge in [-0.05, 0) is 37.1 Å². The molecule has 2 aromatic heterocycles. The van der Waals surface area contributed by atoms with Crippen molar-refractivity contribution in [1.82, 2.24) is 9.88 Å². The molecule has 112 valence electrons. The largest absolute Gasteiger partial charge is 0.464 e. The van der Waals surface area contributed by atoms with Gasteiger partial charge in [0.25, 0.3) is 0 Å². The Morgan fingerprint density at radius 2 is 2.09 bits per heavy atom. The minimum atomic E-state index is -0.164. The number of hydrogen-bond acceptors (Lipinski definition) is 2. The van der Waals surface area contributed by atoms with Crippen LogP contribution in [0.2, 0.25) is 0 Å². The van der Waals surface area contributed by atoms with Crippen molar-refractivity contribution in [1.29, 1.82) is 0 Å². The first kappa shape index (κ1) is 13.2. The first-order chi connectivity index (χ1) is 10.6. The number of furan rings is 1. The van der Waals surface area contributed by atoms with Crippen molar-refractivity contribution in [2.24, 2.45) is 0 Å². The monoisotopic (exact) mass is 294 g/mol. The van der Waals surface area contributed by atoms with Gasteiger partial charge in [0, 0.05) is 24.4 Å². The average Bonchev–Trinajstić information content (AvgIpc) is 3.09. The highest BCUT2D eigenvalue weighted by Crippen LogP contribution is 2.38. The molecule has 0 saturated heterocycles. The number of aromatic amines is 1. The number of benzene rings is 1. The zero-order valence-corrected chi connectivity index (χ0v) is 12.7. The fraction of sp³-hybridized carbons (Fsp3) is 0.278. The Morgan fingerprint density at radius 3 is 2.82 bits per heavy atom. The zero-order chi connectivity index (χ0) is 15.3. The van der Waals surface area contributed by atoms with Crippen LogP contribution >= 0.6 is 0 Å². The van der Waals surface area contributed by atoms with Gasteiger partial charge in [-0.25, -0.2) is 0 Å². The minimum absolute atomic E-state index is 0.0726. The molecular weight excluding hydrogens is 276 g/mol. The lowest BCUT2D eigenvalue weighted by atomic mass is 9.96. The molecule has 0 bridgehead atoms. The maximum atomic E-state index is 12.1. The number of rotatable bonds is 1. The van der Waals surface area contributed by atoms with E-state index in [0.717, 1.165) is 29.2 Å². The molecule has 1 aliphatic heterocycles. The van der Waals surface area contributed by atoms with Gasteiger partial charge in [0.1, 0.15) is 17.6 Å². The summed E-state index contributed by atoms with van der Waals surface area (Å²) in [6.45, 7) is 4.27. The third-order valence-electron chi connectivity index (χ3n) is 4.47. The predicted octanol–water partition coefficient (Wildman–Crippen LogP) is 3.56. The van der Waals surface area contributed by atoms with Crippen LogP contribution in [0.25, 0.3) is 10.9 Å². The van der Waals surface area contributed by atoms with E-state index in [1.807, 2.05) is 30.0 Å². The lowest BCUT2D eigenvalue weighted by Gasteiger charge is -2.34. The molecule has 4 heteroatoms. The van der Waals surface area contributed by atoms with Gasteiger partial charge < -0.3 is 14.3 Å². The number of carbonyl (C=O) groups is 1. The van der Waals surface area contributed by atoms with Crippen molar-refractivity contribution in [3.63, 3.8) is 0 Å². The first-order valence-corrected chi connectivity index (χ1v) is 7.58. The van der Waals surface area contributed by atoms with Crippen LogP contribution in [0.4, 0.5) is 0 Å². The molecule has 4 nitrogen and oxygen atoms in total. The zero-order valence-electron chi connectivity index (χ0n) is 12.7. The minimum Gasteiger partial charge on any atom is -0.464 e. The molecule has 0 radical (unpaired) electrons. The molecule has 1 unspecified atom stereocenters. The van der Waals surface area contributed by atoms with Crippen molar-refractivity contribution in [3.05, 3.63) is 59.2 Å². The average molecular weight is 294 g/mol. The van der Waals surface area contributed by atoms with Crippen LogP contribution in [0, 0.1) is 6.92 Å². The molecule has 22 heavy (non-hydrogen) atoms. The quantitative estimate of drug-likeness (QED) is 0.746. The van der Waals surface area contributed by atoms with Gasteiger partial charge in [0.2, 0.25) is 5.91 Å². The summed E-state index contributed by atoms with van der Waals surface area (Å²) in [5, 5.41) is 1.24. The van der Waals surface area contributed by atoms with E-state index in [2.05, 4.69) is 23.2 Å². The molecule has 0 spiro atoms. The van der Waals surface area contributed by atoms with Gasteiger partial charge in [-0.1, -0.05) is 18.2 Å². The van der Waals surface area contributed by atoms with Crippen LogP contribution < -0.4 is 0 Å². The number of amides is 1. The highest BCUT2D eigenvalue weighted by atomic mass is 16.3. The lowest BCUT2D eigenvalue weighted by Crippen LogP contribution is -2.39. The lowest BCUT2D eigenvalue weighted by molar-refractivity contribution is -0.131. The third kappa shape index (κ3) is 1.87. The first-order valence-electron chi connectivity index (χ1n) is 7.58. The summed E-state index contributed by atoms with van der Waals surface area (Å²) < 4.78 is 5.84. The molecule has 3 aromatic rings.